The Bertz CT molecular complexity index is 1940. The fourth-order valence-corrected chi connectivity index (χ4v) is 5.75. The number of benzene rings is 4. The van der Waals surface area contributed by atoms with E-state index < -0.39 is 0 Å². The van der Waals surface area contributed by atoms with Gasteiger partial charge >= 0.3 is 21.1 Å². The predicted octanol–water partition coefficient (Wildman–Crippen LogP) is 6.54. The summed E-state index contributed by atoms with van der Waals surface area (Å²) in [6.07, 6.45) is 8.20. The minimum absolute atomic E-state index is 0. The van der Waals surface area contributed by atoms with Crippen molar-refractivity contribution in [1.29, 1.82) is 13.2 Å². The summed E-state index contributed by atoms with van der Waals surface area (Å²) in [6.45, 7) is 10.7. The van der Waals surface area contributed by atoms with Crippen LogP contribution in [0.2, 0.25) is 0 Å². The summed E-state index contributed by atoms with van der Waals surface area (Å²) < 4.78 is 11.5. The first-order chi connectivity index (χ1) is 22.6. The van der Waals surface area contributed by atoms with Crippen LogP contribution in [-0.4, -0.2) is 34.9 Å². The number of anilines is 2. The molecule has 3 heterocycles. The molecule has 1 radical (unpaired) electrons. The Morgan fingerprint density at radius 2 is 1.20 bits per heavy atom. The first kappa shape index (κ1) is 31.1. The maximum atomic E-state index is 8.88. The Kier molecular flexibility index (Phi) is 9.48. The van der Waals surface area contributed by atoms with E-state index in [0.29, 0.717) is 19.5 Å². The van der Waals surface area contributed by atoms with Crippen molar-refractivity contribution in [2.75, 3.05) is 23.9 Å². The van der Waals surface area contributed by atoms with Crippen LogP contribution in [0.15, 0.2) is 85.5 Å². The fourth-order valence-electron chi connectivity index (χ4n) is 5.75. The van der Waals surface area contributed by atoms with Crippen LogP contribution >= 0.6 is 0 Å². The summed E-state index contributed by atoms with van der Waals surface area (Å²) in [6, 6.07) is 27.5. The Balaban J connectivity index is 0.000000213. The molecular weight excluding hydrogens is 748 g/mol. The Labute approximate surface area is 290 Å². The molecule has 46 heavy (non-hydrogen) atoms. The predicted molar refractivity (Wildman–Crippen MR) is 185 cm³/mol. The van der Waals surface area contributed by atoms with E-state index in [2.05, 4.69) is 104 Å². The zero-order chi connectivity index (χ0) is 33.7. The molecule has 7 nitrogen and oxygen atoms in total. The van der Waals surface area contributed by atoms with Gasteiger partial charge in [0.15, 0.2) is 0 Å². The van der Waals surface area contributed by atoms with Gasteiger partial charge in [-0.25, -0.2) is 0 Å². The molecule has 4 aromatic carbocycles. The number of hydrogen-bond acceptors (Lipinski definition) is 6. The standard InChI is InChI=1S/C23H25N4.C14H6N3.BH2.Pt/c1-17-10-18(2)23(19(3)11-17)20-12-21(26-8-6-24(4)15-26)14-22(13-20)27-9-7-25(5)16-27;15-7-9-1-3-13-11(5-9)12-6-10(8-16)2-4-14(12)17-13;;/h6-13,15-16H,1-5H3;1-6H;1H2;/q-3;-1;;+4/i;;1D2;. The topological polar surface area (TPSA) is 74.6 Å². The maximum Gasteiger partial charge on any atom is 4.00 e. The third-order valence-electron chi connectivity index (χ3n) is 7.68. The van der Waals surface area contributed by atoms with E-state index in [1.54, 1.807) is 12.1 Å². The molecule has 1 aromatic heterocycles. The van der Waals surface area contributed by atoms with E-state index in [4.69, 9.17) is 13.2 Å². The molecular formula is C37H33BN7Pt. The molecule has 5 aromatic rings. The summed E-state index contributed by atoms with van der Waals surface area (Å²) in [5.74, 6) is 0. The van der Waals surface area contributed by atoms with Crippen LogP contribution in [0.5, 0.6) is 0 Å². The molecule has 0 bridgehead atoms. The van der Waals surface area contributed by atoms with Gasteiger partial charge in [0.1, 0.15) is 0 Å². The summed E-state index contributed by atoms with van der Waals surface area (Å²) in [5.41, 5.74) is 11.4. The zero-order valence-corrected chi connectivity index (χ0v) is 28.5. The molecule has 2 aliphatic rings. The Morgan fingerprint density at radius 1 is 0.739 bits per heavy atom. The van der Waals surface area contributed by atoms with Gasteiger partial charge in [0.05, 0.1) is 31.6 Å². The van der Waals surface area contributed by atoms with Crippen molar-refractivity contribution in [2.24, 2.45) is 0 Å². The number of hydrogen-bond donors (Lipinski definition) is 0. The van der Waals surface area contributed by atoms with Gasteiger partial charge in [0.2, 0.25) is 0 Å². The minimum Gasteiger partial charge on any atom is -0.657 e. The normalized spacial score (nSPS) is 13.6. The smallest absolute Gasteiger partial charge is 0.657 e. The van der Waals surface area contributed by atoms with E-state index >= 15 is 0 Å². The van der Waals surface area contributed by atoms with Gasteiger partial charge in [-0.3, -0.25) is 0 Å². The summed E-state index contributed by atoms with van der Waals surface area (Å²) in [7, 11) is 4.56. The fraction of sp³-hybridized carbons (Fsp3) is 0.135. The van der Waals surface area contributed by atoms with Gasteiger partial charge < -0.3 is 24.6 Å². The van der Waals surface area contributed by atoms with Crippen molar-refractivity contribution in [3.8, 4) is 23.3 Å². The number of nitrogens with zero attached hydrogens (tertiary/aromatic N) is 7. The van der Waals surface area contributed by atoms with Gasteiger partial charge in [-0.05, 0) is 114 Å². The van der Waals surface area contributed by atoms with Gasteiger partial charge in [-0.1, -0.05) is 29.8 Å². The summed E-state index contributed by atoms with van der Waals surface area (Å²) in [5, 5.41) is 19.6. The van der Waals surface area contributed by atoms with Crippen molar-refractivity contribution in [1.82, 2.24) is 14.8 Å². The molecule has 0 amide bonds. The van der Waals surface area contributed by atoms with Crippen LogP contribution in [0.25, 0.3) is 32.9 Å². The molecule has 229 valence electrons. The Morgan fingerprint density at radius 3 is 1.59 bits per heavy atom. The second-order valence-corrected chi connectivity index (χ2v) is 11.2. The van der Waals surface area contributed by atoms with E-state index in [1.165, 1.54) is 27.8 Å². The average Bonchev–Trinajstić information content (AvgIpc) is 3.78. The molecule has 0 fully saturated rings. The third kappa shape index (κ3) is 6.84. The molecule has 0 atom stereocenters. The second-order valence-electron chi connectivity index (χ2n) is 11.2. The number of rotatable bonds is 3. The molecule has 9 heteroatoms. The van der Waals surface area contributed by atoms with Crippen LogP contribution in [0.3, 0.4) is 0 Å². The molecule has 0 saturated heterocycles. The van der Waals surface area contributed by atoms with Crippen molar-refractivity contribution < 1.29 is 21.1 Å². The van der Waals surface area contributed by atoms with Crippen molar-refractivity contribution in [3.05, 3.63) is 133 Å². The minimum atomic E-state index is 0. The molecule has 0 N–H and O–H groups in total. The van der Waals surface area contributed by atoms with E-state index in [0.717, 1.165) is 33.2 Å². The summed E-state index contributed by atoms with van der Waals surface area (Å²) >= 11 is 0. The first-order valence-corrected chi connectivity index (χ1v) is 14.3. The average molecular weight is 784 g/mol. The van der Waals surface area contributed by atoms with Crippen LogP contribution in [0, 0.1) is 62.8 Å². The maximum absolute atomic E-state index is 8.88. The van der Waals surface area contributed by atoms with Crippen LogP contribution in [0.4, 0.5) is 11.4 Å². The van der Waals surface area contributed by atoms with E-state index in [-0.39, 0.29) is 21.1 Å². The molecule has 0 spiro atoms. The number of aryl methyl sites for hydroxylation is 3. The molecule has 2 aliphatic heterocycles. The summed E-state index contributed by atoms with van der Waals surface area (Å²) in [4.78, 5) is 12.7. The monoisotopic (exact) mass is 783 g/mol. The number of aromatic nitrogens is 1. The third-order valence-corrected chi connectivity index (χ3v) is 7.68. The van der Waals surface area contributed by atoms with Gasteiger partial charge in [-0.2, -0.15) is 23.9 Å². The Hall–Kier alpha value is -4.91. The number of nitriles is 2. The van der Waals surface area contributed by atoms with Crippen molar-refractivity contribution in [2.45, 2.75) is 20.8 Å². The number of fused-ring (bicyclic) bond motifs is 3. The van der Waals surface area contributed by atoms with Gasteiger partial charge in [0.25, 0.3) is 0 Å². The van der Waals surface area contributed by atoms with Crippen LogP contribution < -0.4 is 14.8 Å². The van der Waals surface area contributed by atoms with Crippen molar-refractivity contribution in [3.63, 3.8) is 0 Å². The molecule has 0 unspecified atom stereocenters. The largest absolute Gasteiger partial charge is 4.00 e. The molecule has 0 aliphatic carbocycles. The first-order valence-electron chi connectivity index (χ1n) is 15.4. The SMILES string of the molecule is Cc1cc(C)c(-c2cc(N3C=CN(C)[CH-]3)[c-]c(N3C=CN(C)[CH-]3)c2)c(C)c1.N#Cc1ccc2[n-]c3ccc(C#N)cc3c2c1.[2H][B][2H].[Pt+4]. The van der Waals surface area contributed by atoms with Crippen LogP contribution in [-0.2, 0) is 21.1 Å². The van der Waals surface area contributed by atoms with E-state index in [1.807, 2.05) is 60.6 Å². The van der Waals surface area contributed by atoms with Gasteiger partial charge in [-0.15, -0.1) is 46.2 Å². The molecule has 7 rings (SSSR count). The second kappa shape index (κ2) is 14.0. The quantitative estimate of drug-likeness (QED) is 0.152. The van der Waals surface area contributed by atoms with Gasteiger partial charge in [0, 0.05) is 0 Å². The van der Waals surface area contributed by atoms with Crippen molar-refractivity contribution >= 4 is 41.5 Å². The van der Waals surface area contributed by atoms with Crippen LogP contribution in [0.1, 0.15) is 27.8 Å². The zero-order valence-electron chi connectivity index (χ0n) is 28.3. The molecule has 0 saturated carbocycles. The van der Waals surface area contributed by atoms with E-state index in [9.17, 15) is 0 Å².